The number of anilines is 3. The molecule has 0 atom stereocenters. The maximum absolute atomic E-state index is 13.7. The fourth-order valence-corrected chi connectivity index (χ4v) is 1.74. The highest BCUT2D eigenvalue weighted by Crippen LogP contribution is 2.31. The van der Waals surface area contributed by atoms with E-state index in [1.807, 2.05) is 6.92 Å². The molecule has 0 radical (unpaired) electrons. The Labute approximate surface area is 121 Å². The van der Waals surface area contributed by atoms with Crippen molar-refractivity contribution in [2.75, 3.05) is 24.3 Å². The second kappa shape index (κ2) is 6.83. The van der Waals surface area contributed by atoms with Crippen molar-refractivity contribution < 1.29 is 13.5 Å². The van der Waals surface area contributed by atoms with Crippen LogP contribution in [0.25, 0.3) is 0 Å². The number of aromatic nitrogens is 2. The average Bonchev–Trinajstić information content (AvgIpc) is 2.48. The first-order chi connectivity index (χ1) is 10.2. The zero-order chi connectivity index (χ0) is 15.2. The maximum atomic E-state index is 13.7. The third kappa shape index (κ3) is 3.56. The average molecular weight is 294 g/mol. The van der Waals surface area contributed by atoms with Crippen LogP contribution in [0, 0.1) is 11.6 Å². The number of nitrogens with zero attached hydrogens (tertiary/aromatic N) is 2. The van der Waals surface area contributed by atoms with Crippen LogP contribution in [0.4, 0.5) is 26.1 Å². The van der Waals surface area contributed by atoms with Crippen LogP contribution in [0.15, 0.2) is 24.5 Å². The number of halogens is 2. The van der Waals surface area contributed by atoms with Gasteiger partial charge >= 0.3 is 0 Å². The first kappa shape index (κ1) is 15.0. The number of ether oxygens (including phenoxy) is 1. The van der Waals surface area contributed by atoms with E-state index in [9.17, 15) is 8.78 Å². The zero-order valence-corrected chi connectivity index (χ0v) is 11.8. The number of hydrogen-bond donors (Lipinski definition) is 2. The van der Waals surface area contributed by atoms with Crippen LogP contribution in [-0.2, 0) is 0 Å². The van der Waals surface area contributed by atoms with Crippen molar-refractivity contribution in [1.82, 2.24) is 9.97 Å². The van der Waals surface area contributed by atoms with E-state index in [1.54, 1.807) is 0 Å². The minimum Gasteiger partial charge on any atom is -0.490 e. The Balaban J connectivity index is 2.30. The molecule has 21 heavy (non-hydrogen) atoms. The third-order valence-corrected chi connectivity index (χ3v) is 2.73. The van der Waals surface area contributed by atoms with Crippen molar-refractivity contribution in [2.45, 2.75) is 13.3 Å². The Morgan fingerprint density at radius 1 is 1.19 bits per heavy atom. The second-order valence-electron chi connectivity index (χ2n) is 4.28. The van der Waals surface area contributed by atoms with Gasteiger partial charge in [-0.15, -0.1) is 0 Å². The quantitative estimate of drug-likeness (QED) is 0.855. The van der Waals surface area contributed by atoms with E-state index >= 15 is 0 Å². The fourth-order valence-electron chi connectivity index (χ4n) is 1.74. The molecule has 2 aromatic rings. The molecule has 0 fully saturated rings. The summed E-state index contributed by atoms with van der Waals surface area (Å²) < 4.78 is 31.8. The topological polar surface area (TPSA) is 59.1 Å². The van der Waals surface area contributed by atoms with Crippen LogP contribution >= 0.6 is 0 Å². The summed E-state index contributed by atoms with van der Waals surface area (Å²) in [6.45, 7) is 2.74. The lowest BCUT2D eigenvalue weighted by Crippen LogP contribution is -2.07. The summed E-state index contributed by atoms with van der Waals surface area (Å²) in [5, 5.41) is 5.87. The summed E-state index contributed by atoms with van der Waals surface area (Å²) in [5.41, 5.74) is 0.106. The SMILES string of the molecule is CCCNc1ncnc(Nc2ccc(F)cc2F)c1OC. The lowest BCUT2D eigenvalue weighted by atomic mass is 10.3. The summed E-state index contributed by atoms with van der Waals surface area (Å²) in [6.07, 6.45) is 2.26. The molecule has 0 saturated carbocycles. The van der Waals surface area contributed by atoms with Gasteiger partial charge in [0.2, 0.25) is 5.75 Å². The molecular formula is C14H16F2N4O. The molecule has 0 aliphatic heterocycles. The molecule has 7 heteroatoms. The number of methoxy groups -OCH3 is 1. The van der Waals surface area contributed by atoms with Crippen molar-refractivity contribution >= 4 is 17.3 Å². The van der Waals surface area contributed by atoms with Gasteiger partial charge in [-0.05, 0) is 18.6 Å². The van der Waals surface area contributed by atoms with Crippen molar-refractivity contribution in [3.05, 3.63) is 36.2 Å². The standard InChI is InChI=1S/C14H16F2N4O/c1-3-6-17-13-12(21-2)14(19-8-18-13)20-11-5-4-9(15)7-10(11)16/h4-5,7-8H,3,6H2,1-2H3,(H2,17,18,19,20). The lowest BCUT2D eigenvalue weighted by molar-refractivity contribution is 0.415. The Morgan fingerprint density at radius 3 is 2.62 bits per heavy atom. The fraction of sp³-hybridized carbons (Fsp3) is 0.286. The third-order valence-electron chi connectivity index (χ3n) is 2.73. The minimum atomic E-state index is -0.710. The van der Waals surface area contributed by atoms with Crippen molar-refractivity contribution in [3.63, 3.8) is 0 Å². The van der Waals surface area contributed by atoms with Gasteiger partial charge in [-0.2, -0.15) is 0 Å². The van der Waals surface area contributed by atoms with Gasteiger partial charge in [0.25, 0.3) is 0 Å². The summed E-state index contributed by atoms with van der Waals surface area (Å²) in [7, 11) is 1.47. The van der Waals surface area contributed by atoms with E-state index in [4.69, 9.17) is 4.74 Å². The molecule has 112 valence electrons. The molecule has 0 saturated heterocycles. The van der Waals surface area contributed by atoms with Crippen LogP contribution in [0.1, 0.15) is 13.3 Å². The summed E-state index contributed by atoms with van der Waals surface area (Å²) in [5.74, 6) is -0.164. The highest BCUT2D eigenvalue weighted by atomic mass is 19.1. The van der Waals surface area contributed by atoms with Gasteiger partial charge in [-0.3, -0.25) is 0 Å². The van der Waals surface area contributed by atoms with Gasteiger partial charge in [0, 0.05) is 12.6 Å². The van der Waals surface area contributed by atoms with Crippen LogP contribution in [0.5, 0.6) is 5.75 Å². The smallest absolute Gasteiger partial charge is 0.204 e. The monoisotopic (exact) mass is 294 g/mol. The van der Waals surface area contributed by atoms with Crippen LogP contribution in [0.3, 0.4) is 0 Å². The first-order valence-corrected chi connectivity index (χ1v) is 6.50. The molecule has 0 aliphatic carbocycles. The van der Waals surface area contributed by atoms with Crippen LogP contribution in [-0.4, -0.2) is 23.6 Å². The number of hydrogen-bond acceptors (Lipinski definition) is 5. The normalized spacial score (nSPS) is 10.3. The summed E-state index contributed by atoms with van der Waals surface area (Å²) in [4.78, 5) is 8.11. The van der Waals surface area contributed by atoms with Gasteiger partial charge < -0.3 is 15.4 Å². The minimum absolute atomic E-state index is 0.106. The van der Waals surface area contributed by atoms with Gasteiger partial charge in [-0.1, -0.05) is 6.92 Å². The molecule has 5 nitrogen and oxygen atoms in total. The molecule has 2 rings (SSSR count). The van der Waals surface area contributed by atoms with E-state index in [-0.39, 0.29) is 5.69 Å². The molecule has 1 heterocycles. The number of rotatable bonds is 6. The predicted molar refractivity (Wildman–Crippen MR) is 77.0 cm³/mol. The molecule has 2 N–H and O–H groups in total. The van der Waals surface area contributed by atoms with Crippen molar-refractivity contribution in [3.8, 4) is 5.75 Å². The van der Waals surface area contributed by atoms with Crippen molar-refractivity contribution in [1.29, 1.82) is 0 Å². The van der Waals surface area contributed by atoms with Crippen molar-refractivity contribution in [2.24, 2.45) is 0 Å². The maximum Gasteiger partial charge on any atom is 0.204 e. The van der Waals surface area contributed by atoms with E-state index in [1.165, 1.54) is 19.5 Å². The summed E-state index contributed by atoms with van der Waals surface area (Å²) in [6, 6.07) is 3.26. The second-order valence-corrected chi connectivity index (χ2v) is 4.28. The Bertz CT molecular complexity index is 622. The largest absolute Gasteiger partial charge is 0.490 e. The highest BCUT2D eigenvalue weighted by Gasteiger charge is 2.13. The van der Waals surface area contributed by atoms with Crippen LogP contribution < -0.4 is 15.4 Å². The molecular weight excluding hydrogens is 278 g/mol. The van der Waals surface area contributed by atoms with Gasteiger partial charge in [0.05, 0.1) is 12.8 Å². The predicted octanol–water partition coefficient (Wildman–Crippen LogP) is 3.33. The molecule has 1 aromatic carbocycles. The molecule has 0 amide bonds. The first-order valence-electron chi connectivity index (χ1n) is 6.50. The molecule has 1 aromatic heterocycles. The molecule has 0 unspecified atom stereocenters. The van der Waals surface area contributed by atoms with Gasteiger partial charge in [0.1, 0.15) is 18.0 Å². The Hall–Kier alpha value is -2.44. The zero-order valence-electron chi connectivity index (χ0n) is 11.8. The molecule has 0 aliphatic rings. The molecule has 0 spiro atoms. The van der Waals surface area contributed by atoms with E-state index in [0.717, 1.165) is 25.1 Å². The highest BCUT2D eigenvalue weighted by molar-refractivity contribution is 5.69. The van der Waals surface area contributed by atoms with E-state index in [2.05, 4.69) is 20.6 Å². The van der Waals surface area contributed by atoms with E-state index in [0.29, 0.717) is 17.4 Å². The van der Waals surface area contributed by atoms with Gasteiger partial charge in [0.15, 0.2) is 11.6 Å². The lowest BCUT2D eigenvalue weighted by Gasteiger charge is -2.14. The Morgan fingerprint density at radius 2 is 1.95 bits per heavy atom. The van der Waals surface area contributed by atoms with Gasteiger partial charge in [-0.25, -0.2) is 18.7 Å². The summed E-state index contributed by atoms with van der Waals surface area (Å²) >= 11 is 0. The number of benzene rings is 1. The van der Waals surface area contributed by atoms with Crippen LogP contribution in [0.2, 0.25) is 0 Å². The molecule has 0 bridgehead atoms. The Kier molecular flexibility index (Phi) is 4.86. The van der Waals surface area contributed by atoms with E-state index < -0.39 is 11.6 Å². The number of nitrogens with one attached hydrogen (secondary N) is 2.